The molecule has 7 nitrogen and oxygen atoms in total. The Hall–Kier alpha value is -2.83. The SMILES string of the molecule is CC(C)(C)OC(=O)N1CCC[C@H](n2cc(C(=O)N3CCc4ccccc4CC3)cn2)C1. The second-order valence-corrected chi connectivity index (χ2v) is 9.49. The third kappa shape index (κ3) is 5.09. The third-order valence-corrected chi connectivity index (χ3v) is 5.98. The summed E-state index contributed by atoms with van der Waals surface area (Å²) >= 11 is 0. The highest BCUT2D eigenvalue weighted by molar-refractivity contribution is 5.93. The smallest absolute Gasteiger partial charge is 0.410 e. The molecule has 7 heteroatoms. The van der Waals surface area contributed by atoms with Crippen LogP contribution >= 0.6 is 0 Å². The lowest BCUT2D eigenvalue weighted by Gasteiger charge is -2.34. The second kappa shape index (κ2) is 8.73. The number of rotatable bonds is 2. The predicted molar refractivity (Wildman–Crippen MR) is 118 cm³/mol. The number of amides is 2. The Morgan fingerprint density at radius 3 is 2.35 bits per heavy atom. The number of benzene rings is 1. The molecule has 0 spiro atoms. The van der Waals surface area contributed by atoms with Gasteiger partial charge in [-0.2, -0.15) is 5.10 Å². The van der Waals surface area contributed by atoms with E-state index in [0.29, 0.717) is 18.7 Å². The van der Waals surface area contributed by atoms with Crippen molar-refractivity contribution in [2.45, 2.75) is 58.1 Å². The number of hydrogen-bond acceptors (Lipinski definition) is 4. The van der Waals surface area contributed by atoms with Gasteiger partial charge in [-0.15, -0.1) is 0 Å². The van der Waals surface area contributed by atoms with E-state index in [0.717, 1.165) is 38.8 Å². The summed E-state index contributed by atoms with van der Waals surface area (Å²) in [5, 5.41) is 4.48. The van der Waals surface area contributed by atoms with E-state index >= 15 is 0 Å². The molecule has 1 aromatic carbocycles. The van der Waals surface area contributed by atoms with Crippen molar-refractivity contribution in [1.29, 1.82) is 0 Å². The van der Waals surface area contributed by atoms with Gasteiger partial charge in [0.2, 0.25) is 0 Å². The average molecular weight is 425 g/mol. The molecule has 0 N–H and O–H groups in total. The number of piperidine rings is 1. The van der Waals surface area contributed by atoms with Crippen LogP contribution in [0.1, 0.15) is 61.1 Å². The lowest BCUT2D eigenvalue weighted by Crippen LogP contribution is -2.43. The van der Waals surface area contributed by atoms with Crippen LogP contribution in [0.25, 0.3) is 0 Å². The van der Waals surface area contributed by atoms with Crippen molar-refractivity contribution < 1.29 is 14.3 Å². The van der Waals surface area contributed by atoms with E-state index in [1.54, 1.807) is 11.1 Å². The molecule has 0 saturated carbocycles. The zero-order valence-electron chi connectivity index (χ0n) is 18.7. The molecule has 2 aliphatic rings. The maximum Gasteiger partial charge on any atom is 0.410 e. The van der Waals surface area contributed by atoms with Crippen molar-refractivity contribution >= 4 is 12.0 Å². The molecule has 1 aromatic heterocycles. The molecule has 3 heterocycles. The highest BCUT2D eigenvalue weighted by Crippen LogP contribution is 2.24. The van der Waals surface area contributed by atoms with Crippen LogP contribution in [-0.4, -0.2) is 63.4 Å². The average Bonchev–Trinajstić information content (AvgIpc) is 3.13. The van der Waals surface area contributed by atoms with E-state index in [1.165, 1.54) is 11.1 Å². The van der Waals surface area contributed by atoms with E-state index < -0.39 is 5.60 Å². The Balaban J connectivity index is 1.40. The summed E-state index contributed by atoms with van der Waals surface area (Å²) in [6.45, 7) is 8.29. The van der Waals surface area contributed by atoms with Gasteiger partial charge < -0.3 is 14.5 Å². The van der Waals surface area contributed by atoms with E-state index in [4.69, 9.17) is 4.74 Å². The predicted octanol–water partition coefficient (Wildman–Crippen LogP) is 3.70. The molecule has 0 radical (unpaired) electrons. The summed E-state index contributed by atoms with van der Waals surface area (Å²) in [5.41, 5.74) is 2.76. The van der Waals surface area contributed by atoms with Gasteiger partial charge in [0.1, 0.15) is 5.60 Å². The molecule has 0 aliphatic carbocycles. The Labute approximate surface area is 184 Å². The van der Waals surface area contributed by atoms with Gasteiger partial charge in [0.15, 0.2) is 0 Å². The number of fused-ring (bicyclic) bond motifs is 1. The molecule has 2 amide bonds. The van der Waals surface area contributed by atoms with Crippen LogP contribution in [0, 0.1) is 0 Å². The Bertz CT molecular complexity index is 919. The number of aromatic nitrogens is 2. The van der Waals surface area contributed by atoms with Crippen LogP contribution in [-0.2, 0) is 17.6 Å². The lowest BCUT2D eigenvalue weighted by atomic mass is 10.0. The Morgan fingerprint density at radius 2 is 1.71 bits per heavy atom. The molecule has 1 fully saturated rings. The van der Waals surface area contributed by atoms with Gasteiger partial charge in [0, 0.05) is 32.4 Å². The Morgan fingerprint density at radius 1 is 1.03 bits per heavy atom. The zero-order valence-corrected chi connectivity index (χ0v) is 18.7. The van der Waals surface area contributed by atoms with Crippen molar-refractivity contribution in [1.82, 2.24) is 19.6 Å². The maximum atomic E-state index is 13.1. The van der Waals surface area contributed by atoms with Crippen molar-refractivity contribution in [3.63, 3.8) is 0 Å². The number of carbonyl (C=O) groups is 2. The summed E-state index contributed by atoms with van der Waals surface area (Å²) in [5.74, 6) is 0.0267. The third-order valence-electron chi connectivity index (χ3n) is 5.98. The molecule has 31 heavy (non-hydrogen) atoms. The number of ether oxygens (including phenoxy) is 1. The van der Waals surface area contributed by atoms with Gasteiger partial charge >= 0.3 is 6.09 Å². The van der Waals surface area contributed by atoms with Crippen LogP contribution in [0.4, 0.5) is 4.79 Å². The van der Waals surface area contributed by atoms with E-state index in [1.807, 2.05) is 36.5 Å². The topological polar surface area (TPSA) is 67.7 Å². The number of likely N-dealkylation sites (tertiary alicyclic amines) is 1. The largest absolute Gasteiger partial charge is 0.444 e. The fourth-order valence-corrected chi connectivity index (χ4v) is 4.36. The van der Waals surface area contributed by atoms with E-state index in [9.17, 15) is 9.59 Å². The van der Waals surface area contributed by atoms with Crippen molar-refractivity contribution in [2.24, 2.45) is 0 Å². The van der Waals surface area contributed by atoms with Crippen molar-refractivity contribution in [2.75, 3.05) is 26.2 Å². The minimum absolute atomic E-state index is 0.0267. The maximum absolute atomic E-state index is 13.1. The molecule has 2 aromatic rings. The monoisotopic (exact) mass is 424 g/mol. The summed E-state index contributed by atoms with van der Waals surface area (Å²) in [4.78, 5) is 29.2. The normalized spacial score (nSPS) is 19.5. The van der Waals surface area contributed by atoms with Crippen molar-refractivity contribution in [3.05, 3.63) is 53.3 Å². The van der Waals surface area contributed by atoms with Gasteiger partial charge in [0.05, 0.1) is 17.8 Å². The molecule has 4 rings (SSSR count). The second-order valence-electron chi connectivity index (χ2n) is 9.49. The Kier molecular flexibility index (Phi) is 6.03. The first-order valence-electron chi connectivity index (χ1n) is 11.2. The van der Waals surface area contributed by atoms with Crippen LogP contribution in [0.2, 0.25) is 0 Å². The summed E-state index contributed by atoms with van der Waals surface area (Å²) in [6.07, 6.45) is 6.78. The fourth-order valence-electron chi connectivity index (χ4n) is 4.36. The van der Waals surface area contributed by atoms with Crippen LogP contribution < -0.4 is 0 Å². The van der Waals surface area contributed by atoms with Gasteiger partial charge in [-0.25, -0.2) is 4.79 Å². The lowest BCUT2D eigenvalue weighted by molar-refractivity contribution is 0.0167. The van der Waals surface area contributed by atoms with Gasteiger partial charge in [0.25, 0.3) is 5.91 Å². The van der Waals surface area contributed by atoms with Gasteiger partial charge in [-0.3, -0.25) is 9.48 Å². The first kappa shape index (κ1) is 21.4. The summed E-state index contributed by atoms with van der Waals surface area (Å²) in [6, 6.07) is 8.48. The molecule has 2 aliphatic heterocycles. The fraction of sp³-hybridized carbons (Fsp3) is 0.542. The molecule has 166 valence electrons. The number of nitrogens with zero attached hydrogens (tertiary/aromatic N) is 4. The molecule has 0 bridgehead atoms. The first-order chi connectivity index (χ1) is 14.8. The standard InChI is InChI=1S/C24H32N4O3/c1-24(2,3)31-23(30)27-12-6-9-21(17-27)28-16-20(15-25-28)22(29)26-13-10-18-7-4-5-8-19(18)11-14-26/h4-5,7-8,15-16,21H,6,9-14,17H2,1-3H3/t21-/m0/s1. The molecule has 0 unspecified atom stereocenters. The van der Waals surface area contributed by atoms with Crippen LogP contribution in [0.5, 0.6) is 0 Å². The van der Waals surface area contributed by atoms with Crippen LogP contribution in [0.3, 0.4) is 0 Å². The number of hydrogen-bond donors (Lipinski definition) is 0. The highest BCUT2D eigenvalue weighted by Gasteiger charge is 2.29. The van der Waals surface area contributed by atoms with Crippen LogP contribution in [0.15, 0.2) is 36.7 Å². The quantitative estimate of drug-likeness (QED) is 0.737. The summed E-state index contributed by atoms with van der Waals surface area (Å²) in [7, 11) is 0. The van der Waals surface area contributed by atoms with E-state index in [2.05, 4.69) is 29.4 Å². The minimum Gasteiger partial charge on any atom is -0.444 e. The molecule has 1 atom stereocenters. The van der Waals surface area contributed by atoms with Gasteiger partial charge in [-0.05, 0) is 57.6 Å². The van der Waals surface area contributed by atoms with E-state index in [-0.39, 0.29) is 18.0 Å². The molecular weight excluding hydrogens is 392 g/mol. The minimum atomic E-state index is -0.512. The molecular formula is C24H32N4O3. The first-order valence-corrected chi connectivity index (χ1v) is 11.2. The highest BCUT2D eigenvalue weighted by atomic mass is 16.6. The molecule has 1 saturated heterocycles. The van der Waals surface area contributed by atoms with Crippen molar-refractivity contribution in [3.8, 4) is 0 Å². The number of carbonyl (C=O) groups excluding carboxylic acids is 2. The summed E-state index contributed by atoms with van der Waals surface area (Å²) < 4.78 is 7.36. The van der Waals surface area contributed by atoms with Gasteiger partial charge in [-0.1, -0.05) is 24.3 Å². The zero-order chi connectivity index (χ0) is 22.0.